The predicted octanol–water partition coefficient (Wildman–Crippen LogP) is 3.99. The summed E-state index contributed by atoms with van der Waals surface area (Å²) in [7, 11) is 0. The lowest BCUT2D eigenvalue weighted by molar-refractivity contribution is 0.0940. The van der Waals surface area contributed by atoms with Crippen LogP contribution in [0.15, 0.2) is 48.7 Å². The molecule has 1 aromatic heterocycles. The van der Waals surface area contributed by atoms with E-state index < -0.39 is 29.4 Å². The van der Waals surface area contributed by atoms with Crippen molar-refractivity contribution >= 4 is 5.91 Å². The standard InChI is InChI=1S/C18H14F3N3O/c1-10(11-6-7-15(20)16(21)8-11)23-18(25)13-9-22-24-17(13)12-4-2-3-5-14(12)19/h2-10H,1H3,(H,22,24)(H,23,25). The van der Waals surface area contributed by atoms with Crippen LogP contribution in [-0.2, 0) is 0 Å². The second-order valence-electron chi connectivity index (χ2n) is 5.51. The van der Waals surface area contributed by atoms with E-state index in [9.17, 15) is 18.0 Å². The lowest BCUT2D eigenvalue weighted by Gasteiger charge is -2.14. The third-order valence-electron chi connectivity index (χ3n) is 3.82. The summed E-state index contributed by atoms with van der Waals surface area (Å²) in [5.41, 5.74) is 1.02. The van der Waals surface area contributed by atoms with Crippen molar-refractivity contribution < 1.29 is 18.0 Å². The predicted molar refractivity (Wildman–Crippen MR) is 86.2 cm³/mol. The van der Waals surface area contributed by atoms with E-state index in [-0.39, 0.29) is 16.8 Å². The van der Waals surface area contributed by atoms with Gasteiger partial charge in [0.1, 0.15) is 5.82 Å². The number of H-pyrrole nitrogens is 1. The highest BCUT2D eigenvalue weighted by Gasteiger charge is 2.20. The minimum absolute atomic E-state index is 0.152. The first kappa shape index (κ1) is 16.8. The Bertz CT molecular complexity index is 923. The number of carbonyl (C=O) groups excluding carboxylic acids is 1. The average molecular weight is 345 g/mol. The van der Waals surface area contributed by atoms with Gasteiger partial charge in [0.25, 0.3) is 5.91 Å². The van der Waals surface area contributed by atoms with Crippen molar-refractivity contribution in [1.29, 1.82) is 0 Å². The summed E-state index contributed by atoms with van der Waals surface area (Å²) in [5.74, 6) is -2.95. The summed E-state index contributed by atoms with van der Waals surface area (Å²) in [4.78, 5) is 12.5. The Morgan fingerprint density at radius 1 is 1.08 bits per heavy atom. The third kappa shape index (κ3) is 3.40. The molecule has 25 heavy (non-hydrogen) atoms. The Balaban J connectivity index is 1.84. The number of aromatic amines is 1. The van der Waals surface area contributed by atoms with E-state index in [1.165, 1.54) is 24.4 Å². The molecule has 1 atom stereocenters. The first-order valence-electron chi connectivity index (χ1n) is 7.51. The molecule has 0 aliphatic rings. The molecule has 2 N–H and O–H groups in total. The number of amides is 1. The van der Waals surface area contributed by atoms with Crippen LogP contribution >= 0.6 is 0 Å². The third-order valence-corrected chi connectivity index (χ3v) is 3.82. The molecular formula is C18H14F3N3O. The Morgan fingerprint density at radius 3 is 2.56 bits per heavy atom. The number of hydrogen-bond donors (Lipinski definition) is 2. The summed E-state index contributed by atoms with van der Waals surface area (Å²) in [6.07, 6.45) is 1.29. The molecule has 0 fully saturated rings. The monoisotopic (exact) mass is 345 g/mol. The molecule has 4 nitrogen and oxygen atoms in total. The minimum atomic E-state index is -0.992. The largest absolute Gasteiger partial charge is 0.345 e. The molecule has 128 valence electrons. The number of aromatic nitrogens is 2. The highest BCUT2D eigenvalue weighted by Crippen LogP contribution is 2.24. The second kappa shape index (κ2) is 6.80. The fraction of sp³-hybridized carbons (Fsp3) is 0.111. The van der Waals surface area contributed by atoms with E-state index >= 15 is 0 Å². The number of nitrogens with one attached hydrogen (secondary N) is 2. The zero-order valence-electron chi connectivity index (χ0n) is 13.2. The first-order chi connectivity index (χ1) is 12.0. The Morgan fingerprint density at radius 2 is 1.84 bits per heavy atom. The first-order valence-corrected chi connectivity index (χ1v) is 7.51. The van der Waals surface area contributed by atoms with Crippen molar-refractivity contribution in [2.45, 2.75) is 13.0 Å². The van der Waals surface area contributed by atoms with Crippen molar-refractivity contribution in [2.75, 3.05) is 0 Å². The maximum atomic E-state index is 13.9. The SMILES string of the molecule is CC(NC(=O)c1cn[nH]c1-c1ccccc1F)c1ccc(F)c(F)c1. The van der Waals surface area contributed by atoms with E-state index in [0.29, 0.717) is 5.56 Å². The van der Waals surface area contributed by atoms with Crippen LogP contribution in [0.2, 0.25) is 0 Å². The maximum absolute atomic E-state index is 13.9. The van der Waals surface area contributed by atoms with Gasteiger partial charge in [-0.2, -0.15) is 5.10 Å². The Labute approximate surface area is 141 Å². The molecular weight excluding hydrogens is 331 g/mol. The summed E-state index contributed by atoms with van der Waals surface area (Å²) in [6.45, 7) is 1.63. The number of nitrogens with zero attached hydrogens (tertiary/aromatic N) is 1. The van der Waals surface area contributed by atoms with Gasteiger partial charge in [-0.05, 0) is 36.8 Å². The Kier molecular flexibility index (Phi) is 4.56. The molecule has 0 aliphatic carbocycles. The van der Waals surface area contributed by atoms with Gasteiger partial charge in [0.15, 0.2) is 11.6 Å². The lowest BCUT2D eigenvalue weighted by Crippen LogP contribution is -2.27. The molecule has 0 saturated heterocycles. The number of benzene rings is 2. The molecule has 1 heterocycles. The molecule has 1 unspecified atom stereocenters. The van der Waals surface area contributed by atoms with Gasteiger partial charge in [-0.25, -0.2) is 13.2 Å². The van der Waals surface area contributed by atoms with Crippen molar-refractivity contribution in [3.63, 3.8) is 0 Å². The lowest BCUT2D eigenvalue weighted by atomic mass is 10.1. The van der Waals surface area contributed by atoms with E-state index in [2.05, 4.69) is 15.5 Å². The topological polar surface area (TPSA) is 57.8 Å². The van der Waals surface area contributed by atoms with E-state index in [0.717, 1.165) is 12.1 Å². The molecule has 0 aliphatic heterocycles. The van der Waals surface area contributed by atoms with Crippen molar-refractivity contribution in [1.82, 2.24) is 15.5 Å². The Hall–Kier alpha value is -3.09. The number of hydrogen-bond acceptors (Lipinski definition) is 2. The smallest absolute Gasteiger partial charge is 0.255 e. The highest BCUT2D eigenvalue weighted by molar-refractivity contribution is 6.00. The summed E-state index contributed by atoms with van der Waals surface area (Å²) in [5, 5.41) is 9.08. The zero-order chi connectivity index (χ0) is 18.0. The van der Waals surface area contributed by atoms with Gasteiger partial charge in [0.2, 0.25) is 0 Å². The zero-order valence-corrected chi connectivity index (χ0v) is 13.2. The molecule has 0 spiro atoms. The maximum Gasteiger partial charge on any atom is 0.255 e. The van der Waals surface area contributed by atoms with Crippen LogP contribution in [0.4, 0.5) is 13.2 Å². The normalized spacial score (nSPS) is 12.0. The molecule has 0 radical (unpaired) electrons. The molecule has 7 heteroatoms. The summed E-state index contributed by atoms with van der Waals surface area (Å²) < 4.78 is 40.3. The van der Waals surface area contributed by atoms with Crippen molar-refractivity contribution in [2.24, 2.45) is 0 Å². The fourth-order valence-corrected chi connectivity index (χ4v) is 2.47. The van der Waals surface area contributed by atoms with Gasteiger partial charge in [-0.1, -0.05) is 18.2 Å². The molecule has 3 rings (SSSR count). The van der Waals surface area contributed by atoms with Gasteiger partial charge in [0.05, 0.1) is 23.5 Å². The van der Waals surface area contributed by atoms with Gasteiger partial charge in [-0.15, -0.1) is 0 Å². The van der Waals surface area contributed by atoms with Gasteiger partial charge >= 0.3 is 0 Å². The van der Waals surface area contributed by atoms with Crippen molar-refractivity contribution in [3.8, 4) is 11.3 Å². The minimum Gasteiger partial charge on any atom is -0.345 e. The van der Waals surface area contributed by atoms with Gasteiger partial charge in [-0.3, -0.25) is 9.89 Å². The molecule has 0 bridgehead atoms. The van der Waals surface area contributed by atoms with E-state index in [4.69, 9.17) is 0 Å². The quantitative estimate of drug-likeness (QED) is 0.751. The van der Waals surface area contributed by atoms with Gasteiger partial charge in [0, 0.05) is 5.56 Å². The van der Waals surface area contributed by atoms with Crippen LogP contribution in [0.5, 0.6) is 0 Å². The van der Waals surface area contributed by atoms with Crippen LogP contribution in [0.1, 0.15) is 28.9 Å². The van der Waals surface area contributed by atoms with Gasteiger partial charge < -0.3 is 5.32 Å². The molecule has 0 saturated carbocycles. The van der Waals surface area contributed by atoms with E-state index in [1.54, 1.807) is 19.1 Å². The second-order valence-corrected chi connectivity index (χ2v) is 5.51. The van der Waals surface area contributed by atoms with Crippen LogP contribution in [0, 0.1) is 17.5 Å². The number of halogens is 3. The summed E-state index contributed by atoms with van der Waals surface area (Å²) in [6, 6.07) is 8.82. The fourth-order valence-electron chi connectivity index (χ4n) is 2.47. The van der Waals surface area contributed by atoms with Crippen LogP contribution in [0.25, 0.3) is 11.3 Å². The average Bonchev–Trinajstić information content (AvgIpc) is 3.07. The van der Waals surface area contributed by atoms with Crippen LogP contribution < -0.4 is 5.32 Å². The number of rotatable bonds is 4. The summed E-state index contributed by atoms with van der Waals surface area (Å²) >= 11 is 0. The molecule has 1 amide bonds. The van der Waals surface area contributed by atoms with E-state index in [1.807, 2.05) is 0 Å². The van der Waals surface area contributed by atoms with Crippen LogP contribution in [0.3, 0.4) is 0 Å². The highest BCUT2D eigenvalue weighted by atomic mass is 19.2. The van der Waals surface area contributed by atoms with Crippen LogP contribution in [-0.4, -0.2) is 16.1 Å². The van der Waals surface area contributed by atoms with Crippen molar-refractivity contribution in [3.05, 3.63) is 77.2 Å². The molecule has 3 aromatic rings. The molecule has 2 aromatic carbocycles. The number of carbonyl (C=O) groups is 1.